The van der Waals surface area contributed by atoms with Gasteiger partial charge in [-0.15, -0.1) is 0 Å². The van der Waals surface area contributed by atoms with Crippen LogP contribution in [-0.4, -0.2) is 25.0 Å². The van der Waals surface area contributed by atoms with Crippen LogP contribution >= 0.6 is 11.6 Å². The third-order valence-electron chi connectivity index (χ3n) is 3.54. The van der Waals surface area contributed by atoms with Crippen molar-refractivity contribution in [3.8, 4) is 0 Å². The average molecular weight is 361 g/mol. The zero-order chi connectivity index (χ0) is 18.4. The lowest BCUT2D eigenvalue weighted by molar-refractivity contribution is -0.114. The summed E-state index contributed by atoms with van der Waals surface area (Å²) in [5.74, 6) is -0.591. The number of anilines is 2. The Kier molecular flexibility index (Phi) is 6.42. The van der Waals surface area contributed by atoms with Gasteiger partial charge in [-0.25, -0.2) is 4.79 Å². The van der Waals surface area contributed by atoms with Crippen molar-refractivity contribution < 1.29 is 14.3 Å². The highest BCUT2D eigenvalue weighted by molar-refractivity contribution is 6.33. The van der Waals surface area contributed by atoms with E-state index in [4.69, 9.17) is 16.3 Å². The van der Waals surface area contributed by atoms with Crippen molar-refractivity contribution in [3.63, 3.8) is 0 Å². The molecule has 2 aromatic carbocycles. The van der Waals surface area contributed by atoms with Gasteiger partial charge in [0.15, 0.2) is 0 Å². The van der Waals surface area contributed by atoms with Gasteiger partial charge in [0, 0.05) is 5.69 Å². The second kappa shape index (κ2) is 8.53. The lowest BCUT2D eigenvalue weighted by atomic mass is 10.1. The van der Waals surface area contributed by atoms with Crippen LogP contribution in [0.5, 0.6) is 0 Å². The Morgan fingerprint density at radius 2 is 1.80 bits per heavy atom. The second-order valence-corrected chi connectivity index (χ2v) is 6.05. The predicted molar refractivity (Wildman–Crippen MR) is 100 cm³/mol. The minimum atomic E-state index is -0.383. The molecule has 0 saturated heterocycles. The summed E-state index contributed by atoms with van der Waals surface area (Å²) in [4.78, 5) is 23.7. The van der Waals surface area contributed by atoms with E-state index < -0.39 is 0 Å². The zero-order valence-electron chi connectivity index (χ0n) is 14.5. The van der Waals surface area contributed by atoms with Crippen LogP contribution in [0.25, 0.3) is 0 Å². The molecule has 0 aliphatic carbocycles. The number of hydrogen-bond donors (Lipinski definition) is 2. The van der Waals surface area contributed by atoms with Gasteiger partial charge >= 0.3 is 5.97 Å². The zero-order valence-corrected chi connectivity index (χ0v) is 15.2. The lowest BCUT2D eigenvalue weighted by Gasteiger charge is -2.13. The van der Waals surface area contributed by atoms with Crippen molar-refractivity contribution in [2.45, 2.75) is 20.8 Å². The summed E-state index contributed by atoms with van der Waals surface area (Å²) >= 11 is 6.21. The van der Waals surface area contributed by atoms with Crippen molar-refractivity contribution in [2.75, 3.05) is 23.8 Å². The topological polar surface area (TPSA) is 67.4 Å². The van der Waals surface area contributed by atoms with Crippen molar-refractivity contribution >= 4 is 34.9 Å². The molecule has 6 heteroatoms. The van der Waals surface area contributed by atoms with Crippen molar-refractivity contribution in [1.82, 2.24) is 0 Å². The first-order valence-corrected chi connectivity index (χ1v) is 8.36. The van der Waals surface area contributed by atoms with Gasteiger partial charge in [-0.1, -0.05) is 17.7 Å². The third-order valence-corrected chi connectivity index (χ3v) is 3.84. The van der Waals surface area contributed by atoms with Crippen LogP contribution in [0, 0.1) is 13.8 Å². The minimum absolute atomic E-state index is 0.0866. The van der Waals surface area contributed by atoms with Crippen molar-refractivity contribution in [2.24, 2.45) is 0 Å². The Morgan fingerprint density at radius 1 is 1.12 bits per heavy atom. The van der Waals surface area contributed by atoms with Crippen LogP contribution in [0.2, 0.25) is 5.02 Å². The first kappa shape index (κ1) is 18.8. The smallest absolute Gasteiger partial charge is 0.338 e. The molecule has 0 unspecified atom stereocenters. The van der Waals surface area contributed by atoms with Crippen LogP contribution in [0.3, 0.4) is 0 Å². The summed E-state index contributed by atoms with van der Waals surface area (Å²) < 4.78 is 4.92. The molecule has 1 amide bonds. The molecule has 0 saturated carbocycles. The molecule has 0 heterocycles. The summed E-state index contributed by atoms with van der Waals surface area (Å²) in [6.07, 6.45) is 0. The first-order chi connectivity index (χ1) is 11.9. The molecule has 0 aromatic heterocycles. The molecule has 0 spiro atoms. The Bertz CT molecular complexity index is 750. The normalized spacial score (nSPS) is 10.2. The molecule has 0 fully saturated rings. The molecule has 0 radical (unpaired) electrons. The number of ether oxygens (including phenoxy) is 1. The summed E-state index contributed by atoms with van der Waals surface area (Å²) in [6, 6.07) is 10.4. The maximum Gasteiger partial charge on any atom is 0.338 e. The Balaban J connectivity index is 1.93. The van der Waals surface area contributed by atoms with E-state index in [9.17, 15) is 9.59 Å². The predicted octanol–water partition coefficient (Wildman–Crippen LogP) is 4.18. The fourth-order valence-corrected chi connectivity index (χ4v) is 2.81. The number of rotatable bonds is 6. The number of hydrogen-bond acceptors (Lipinski definition) is 4. The number of esters is 1. The fourth-order valence-electron chi connectivity index (χ4n) is 2.42. The Hall–Kier alpha value is -2.53. The molecule has 0 aliphatic heterocycles. The maximum atomic E-state index is 12.1. The SMILES string of the molecule is CCOC(=O)c1ccc(NC(=O)CNc2c(C)cc(C)cc2Cl)cc1. The molecule has 25 heavy (non-hydrogen) atoms. The van der Waals surface area contributed by atoms with E-state index in [2.05, 4.69) is 10.6 Å². The summed E-state index contributed by atoms with van der Waals surface area (Å²) in [6.45, 7) is 6.07. The van der Waals surface area contributed by atoms with E-state index in [0.717, 1.165) is 16.8 Å². The highest BCUT2D eigenvalue weighted by Gasteiger charge is 2.09. The van der Waals surface area contributed by atoms with E-state index in [-0.39, 0.29) is 18.4 Å². The minimum Gasteiger partial charge on any atom is -0.462 e. The molecule has 2 rings (SSSR count). The summed E-state index contributed by atoms with van der Waals surface area (Å²) in [7, 11) is 0. The Morgan fingerprint density at radius 3 is 2.40 bits per heavy atom. The second-order valence-electron chi connectivity index (χ2n) is 5.64. The number of carbonyl (C=O) groups is 2. The van der Waals surface area contributed by atoms with Gasteiger partial charge in [-0.2, -0.15) is 0 Å². The van der Waals surface area contributed by atoms with E-state index in [0.29, 0.717) is 22.9 Å². The standard InChI is InChI=1S/C19H21ClN2O3/c1-4-25-19(24)14-5-7-15(8-6-14)22-17(23)11-21-18-13(3)9-12(2)10-16(18)20/h5-10,21H,4,11H2,1-3H3,(H,22,23). The lowest BCUT2D eigenvalue weighted by Crippen LogP contribution is -2.22. The molecule has 2 aromatic rings. The highest BCUT2D eigenvalue weighted by atomic mass is 35.5. The van der Waals surface area contributed by atoms with Crippen LogP contribution < -0.4 is 10.6 Å². The van der Waals surface area contributed by atoms with Crippen LogP contribution in [0.1, 0.15) is 28.4 Å². The molecular weight excluding hydrogens is 340 g/mol. The van der Waals surface area contributed by atoms with Gasteiger partial charge in [-0.3, -0.25) is 4.79 Å². The van der Waals surface area contributed by atoms with Gasteiger partial charge in [0.2, 0.25) is 5.91 Å². The molecular formula is C19H21ClN2O3. The molecule has 0 bridgehead atoms. The number of amides is 1. The van der Waals surface area contributed by atoms with Crippen molar-refractivity contribution in [1.29, 1.82) is 0 Å². The number of benzene rings is 2. The third kappa shape index (κ3) is 5.22. The molecule has 132 valence electrons. The number of aryl methyl sites for hydroxylation is 2. The maximum absolute atomic E-state index is 12.1. The number of halogens is 1. The molecule has 2 N–H and O–H groups in total. The molecule has 5 nitrogen and oxygen atoms in total. The van der Waals surface area contributed by atoms with E-state index in [1.165, 1.54) is 0 Å². The Labute approximate surface area is 152 Å². The van der Waals surface area contributed by atoms with Crippen molar-refractivity contribution in [3.05, 3.63) is 58.1 Å². The van der Waals surface area contributed by atoms with Gasteiger partial charge in [0.1, 0.15) is 0 Å². The molecule has 0 atom stereocenters. The van der Waals surface area contributed by atoms with Gasteiger partial charge in [-0.05, 0) is 62.2 Å². The van der Waals surface area contributed by atoms with Gasteiger partial charge < -0.3 is 15.4 Å². The van der Waals surface area contributed by atoms with Crippen LogP contribution in [0.4, 0.5) is 11.4 Å². The summed E-state index contributed by atoms with van der Waals surface area (Å²) in [5.41, 5.74) is 3.85. The van der Waals surface area contributed by atoms with Crippen LogP contribution in [-0.2, 0) is 9.53 Å². The number of nitrogens with one attached hydrogen (secondary N) is 2. The van der Waals surface area contributed by atoms with E-state index >= 15 is 0 Å². The van der Waals surface area contributed by atoms with Gasteiger partial charge in [0.05, 0.1) is 29.4 Å². The van der Waals surface area contributed by atoms with Gasteiger partial charge in [0.25, 0.3) is 0 Å². The average Bonchev–Trinajstić information content (AvgIpc) is 2.54. The van der Waals surface area contributed by atoms with E-state index in [1.807, 2.05) is 26.0 Å². The summed E-state index contributed by atoms with van der Waals surface area (Å²) in [5, 5.41) is 6.41. The highest BCUT2D eigenvalue weighted by Crippen LogP contribution is 2.27. The molecule has 0 aliphatic rings. The monoisotopic (exact) mass is 360 g/mol. The van der Waals surface area contributed by atoms with E-state index in [1.54, 1.807) is 31.2 Å². The first-order valence-electron chi connectivity index (χ1n) is 7.98. The number of carbonyl (C=O) groups excluding carboxylic acids is 2. The largest absolute Gasteiger partial charge is 0.462 e. The quantitative estimate of drug-likeness (QED) is 0.758. The fraction of sp³-hybridized carbons (Fsp3) is 0.263. The van der Waals surface area contributed by atoms with Crippen LogP contribution in [0.15, 0.2) is 36.4 Å².